The zero-order valence-corrected chi connectivity index (χ0v) is 12.7. The second-order valence-electron chi connectivity index (χ2n) is 5.29. The maximum Gasteiger partial charge on any atom is 0.123 e. The van der Waals surface area contributed by atoms with Crippen molar-refractivity contribution in [2.45, 2.75) is 29.0 Å². The quantitative estimate of drug-likeness (QED) is 0.943. The molecule has 0 saturated carbocycles. The van der Waals surface area contributed by atoms with Gasteiger partial charge >= 0.3 is 0 Å². The summed E-state index contributed by atoms with van der Waals surface area (Å²) in [7, 11) is 0.760. The molecule has 0 heterocycles. The molecule has 3 unspecified atom stereocenters. The Morgan fingerprint density at radius 3 is 2.57 bits per heavy atom. The minimum Gasteiger partial charge on any atom is -0.312 e. The smallest absolute Gasteiger partial charge is 0.123 e. The van der Waals surface area contributed by atoms with E-state index in [-0.39, 0.29) is 17.1 Å². The molecule has 3 rings (SSSR count). The summed E-state index contributed by atoms with van der Waals surface area (Å²) in [6.07, 6.45) is 1.80. The molecule has 4 heteroatoms. The fourth-order valence-corrected chi connectivity index (χ4v) is 4.66. The summed E-state index contributed by atoms with van der Waals surface area (Å²) in [6, 6.07) is 14.4. The van der Waals surface area contributed by atoms with Crippen LogP contribution in [0.15, 0.2) is 53.4 Å². The van der Waals surface area contributed by atoms with Gasteiger partial charge in [0.25, 0.3) is 0 Å². The Bertz CT molecular complexity index is 656. The van der Waals surface area contributed by atoms with Gasteiger partial charge in [-0.05, 0) is 55.3 Å². The number of hydrogen-bond donors (Lipinski definition) is 1. The average molecular weight is 303 g/mol. The van der Waals surface area contributed by atoms with Gasteiger partial charge in [0.2, 0.25) is 0 Å². The van der Waals surface area contributed by atoms with E-state index < -0.39 is 10.8 Å². The molecule has 0 bridgehead atoms. The number of benzene rings is 2. The molecule has 0 aromatic heterocycles. The second-order valence-corrected chi connectivity index (χ2v) is 6.97. The van der Waals surface area contributed by atoms with Crippen LogP contribution in [0.25, 0.3) is 0 Å². The van der Waals surface area contributed by atoms with Crippen molar-refractivity contribution in [3.05, 3.63) is 65.5 Å². The molecule has 2 aromatic carbocycles. The molecule has 3 atom stereocenters. The Kier molecular flexibility index (Phi) is 4.17. The highest BCUT2D eigenvalue weighted by Gasteiger charge is 2.32. The first-order valence-corrected chi connectivity index (χ1v) is 8.33. The Balaban J connectivity index is 1.92. The first kappa shape index (κ1) is 14.4. The molecule has 0 fully saturated rings. The van der Waals surface area contributed by atoms with E-state index in [2.05, 4.69) is 17.4 Å². The lowest BCUT2D eigenvalue weighted by Crippen LogP contribution is -2.37. The third kappa shape index (κ3) is 2.78. The summed E-state index contributed by atoms with van der Waals surface area (Å²) >= 11 is 0. The van der Waals surface area contributed by atoms with Crippen molar-refractivity contribution >= 4 is 10.8 Å². The van der Waals surface area contributed by atoms with Crippen LogP contribution >= 0.6 is 0 Å². The van der Waals surface area contributed by atoms with E-state index in [1.165, 1.54) is 23.3 Å². The summed E-state index contributed by atoms with van der Waals surface area (Å²) in [6.45, 7) is 0. The monoisotopic (exact) mass is 303 g/mol. The highest BCUT2D eigenvalue weighted by molar-refractivity contribution is 7.85. The average Bonchev–Trinajstić information content (AvgIpc) is 2.53. The second kappa shape index (κ2) is 6.08. The van der Waals surface area contributed by atoms with Gasteiger partial charge in [0, 0.05) is 10.9 Å². The van der Waals surface area contributed by atoms with Crippen LogP contribution in [0.5, 0.6) is 0 Å². The zero-order chi connectivity index (χ0) is 14.8. The van der Waals surface area contributed by atoms with Crippen LogP contribution < -0.4 is 5.32 Å². The maximum absolute atomic E-state index is 13.0. The fraction of sp³-hybridized carbons (Fsp3) is 0.294. The molecule has 110 valence electrons. The van der Waals surface area contributed by atoms with E-state index in [0.717, 1.165) is 12.8 Å². The fourth-order valence-electron chi connectivity index (χ4n) is 3.05. The van der Waals surface area contributed by atoms with Gasteiger partial charge in [-0.25, -0.2) is 4.39 Å². The molecule has 21 heavy (non-hydrogen) atoms. The van der Waals surface area contributed by atoms with Crippen LogP contribution in [-0.4, -0.2) is 16.5 Å². The summed E-state index contributed by atoms with van der Waals surface area (Å²) < 4.78 is 25.9. The summed E-state index contributed by atoms with van der Waals surface area (Å²) in [5, 5.41) is 3.31. The van der Waals surface area contributed by atoms with Gasteiger partial charge in [-0.2, -0.15) is 0 Å². The van der Waals surface area contributed by atoms with Crippen LogP contribution in [0, 0.1) is 5.82 Å². The van der Waals surface area contributed by atoms with Gasteiger partial charge in [0.15, 0.2) is 0 Å². The predicted molar refractivity (Wildman–Crippen MR) is 83.2 cm³/mol. The van der Waals surface area contributed by atoms with E-state index in [1.54, 1.807) is 12.1 Å². The van der Waals surface area contributed by atoms with Crippen LogP contribution in [0.2, 0.25) is 0 Å². The summed E-state index contributed by atoms with van der Waals surface area (Å²) in [5.74, 6) is -0.296. The number of aryl methyl sites for hydroxylation is 1. The Hall–Kier alpha value is -1.52. The van der Waals surface area contributed by atoms with Gasteiger partial charge in [0.05, 0.1) is 16.0 Å². The van der Waals surface area contributed by atoms with E-state index in [4.69, 9.17) is 0 Å². The van der Waals surface area contributed by atoms with Crippen molar-refractivity contribution < 1.29 is 8.60 Å². The molecule has 2 nitrogen and oxygen atoms in total. The molecule has 1 aliphatic rings. The topological polar surface area (TPSA) is 29.1 Å². The molecule has 0 spiro atoms. The van der Waals surface area contributed by atoms with Crippen molar-refractivity contribution in [1.82, 2.24) is 5.32 Å². The molecule has 1 N–H and O–H groups in total. The summed E-state index contributed by atoms with van der Waals surface area (Å²) in [5.41, 5.74) is 2.55. The van der Waals surface area contributed by atoms with E-state index >= 15 is 0 Å². The number of halogens is 1. The first-order valence-electron chi connectivity index (χ1n) is 7.12. The first-order chi connectivity index (χ1) is 10.2. The number of rotatable bonds is 3. The van der Waals surface area contributed by atoms with E-state index in [1.807, 2.05) is 19.2 Å². The lowest BCUT2D eigenvalue weighted by molar-refractivity contribution is 0.497. The third-order valence-electron chi connectivity index (χ3n) is 4.09. The normalized spacial score (nSPS) is 22.6. The maximum atomic E-state index is 13.0. The minimum atomic E-state index is -1.14. The van der Waals surface area contributed by atoms with Crippen molar-refractivity contribution in [2.75, 3.05) is 7.05 Å². The Labute approximate surface area is 126 Å². The molecule has 2 aromatic rings. The van der Waals surface area contributed by atoms with Gasteiger partial charge in [-0.1, -0.05) is 24.3 Å². The van der Waals surface area contributed by atoms with Crippen LogP contribution in [0.1, 0.15) is 23.6 Å². The minimum absolute atomic E-state index is 0.00959. The van der Waals surface area contributed by atoms with E-state index in [0.29, 0.717) is 4.90 Å². The number of fused-ring (bicyclic) bond motifs is 1. The van der Waals surface area contributed by atoms with Gasteiger partial charge in [-0.15, -0.1) is 0 Å². The van der Waals surface area contributed by atoms with Gasteiger partial charge in [-0.3, -0.25) is 4.21 Å². The number of hydrogen-bond acceptors (Lipinski definition) is 2. The van der Waals surface area contributed by atoms with Crippen LogP contribution in [0.3, 0.4) is 0 Å². The lowest BCUT2D eigenvalue weighted by Gasteiger charge is -2.32. The molecule has 0 saturated heterocycles. The molecule has 1 aliphatic carbocycles. The molecular weight excluding hydrogens is 285 g/mol. The molecular formula is C17H18FNOS. The standard InChI is InChI=1S/C17H18FNOS/c1-19-17-15-5-3-2-4-12(15)6-11-16(17)21(20)14-9-7-13(18)8-10-14/h2-5,7-10,16-17,19H,6,11H2,1H3. The van der Waals surface area contributed by atoms with Gasteiger partial charge in [0.1, 0.15) is 5.82 Å². The Morgan fingerprint density at radius 1 is 1.14 bits per heavy atom. The molecule has 0 amide bonds. The van der Waals surface area contributed by atoms with Crippen molar-refractivity contribution in [3.8, 4) is 0 Å². The van der Waals surface area contributed by atoms with E-state index in [9.17, 15) is 8.60 Å². The van der Waals surface area contributed by atoms with Crippen molar-refractivity contribution in [2.24, 2.45) is 0 Å². The van der Waals surface area contributed by atoms with Crippen molar-refractivity contribution in [3.63, 3.8) is 0 Å². The van der Waals surface area contributed by atoms with Crippen molar-refractivity contribution in [1.29, 1.82) is 0 Å². The molecule has 0 aliphatic heterocycles. The predicted octanol–water partition coefficient (Wildman–Crippen LogP) is 3.21. The largest absolute Gasteiger partial charge is 0.312 e. The number of nitrogens with one attached hydrogen (secondary N) is 1. The Morgan fingerprint density at radius 2 is 1.86 bits per heavy atom. The SMILES string of the molecule is CNC1c2ccccc2CCC1S(=O)c1ccc(F)cc1. The van der Waals surface area contributed by atoms with Crippen LogP contribution in [0.4, 0.5) is 4.39 Å². The molecule has 0 radical (unpaired) electrons. The van der Waals surface area contributed by atoms with Gasteiger partial charge < -0.3 is 5.32 Å². The summed E-state index contributed by atoms with van der Waals surface area (Å²) in [4.78, 5) is 0.695. The van der Waals surface area contributed by atoms with Crippen LogP contribution in [-0.2, 0) is 17.2 Å². The third-order valence-corrected chi connectivity index (χ3v) is 5.89. The zero-order valence-electron chi connectivity index (χ0n) is 11.9. The highest BCUT2D eigenvalue weighted by atomic mass is 32.2. The lowest BCUT2D eigenvalue weighted by atomic mass is 9.87. The highest BCUT2D eigenvalue weighted by Crippen LogP contribution is 2.34.